The van der Waals surface area contributed by atoms with Crippen LogP contribution < -0.4 is 5.32 Å². The minimum absolute atomic E-state index is 0.0465. The molecule has 0 radical (unpaired) electrons. The summed E-state index contributed by atoms with van der Waals surface area (Å²) in [4.78, 5) is 22.9. The Morgan fingerprint density at radius 3 is 2.26 bits per heavy atom. The maximum absolute atomic E-state index is 13.4. The maximum atomic E-state index is 13.4. The van der Waals surface area contributed by atoms with Crippen LogP contribution in [0.15, 0.2) is 0 Å². The monoisotopic (exact) mass is 279 g/mol. The standard InChI is InChI=1S/C12H19F2NO4/c1-5-7-11(8(16)17,6-12(7,13)14)15-9(18)19-10(2,3)4/h7H,5-6H2,1-4H3,(H,15,18)(H,16,17). The molecule has 0 aromatic carbocycles. The van der Waals surface area contributed by atoms with Crippen LogP contribution in [0.5, 0.6) is 0 Å². The zero-order valence-electron chi connectivity index (χ0n) is 11.4. The summed E-state index contributed by atoms with van der Waals surface area (Å²) in [5, 5.41) is 11.3. The SMILES string of the molecule is CCC1C(F)(F)CC1(NC(=O)OC(C)(C)C)C(=O)O. The Hall–Kier alpha value is -1.40. The van der Waals surface area contributed by atoms with Crippen LogP contribution in [0, 0.1) is 5.92 Å². The highest BCUT2D eigenvalue weighted by molar-refractivity contribution is 5.86. The summed E-state index contributed by atoms with van der Waals surface area (Å²) >= 11 is 0. The minimum Gasteiger partial charge on any atom is -0.479 e. The zero-order chi connectivity index (χ0) is 15.1. The van der Waals surface area contributed by atoms with Gasteiger partial charge in [-0.15, -0.1) is 0 Å². The van der Waals surface area contributed by atoms with Crippen molar-refractivity contribution in [3.63, 3.8) is 0 Å². The highest BCUT2D eigenvalue weighted by Crippen LogP contribution is 2.53. The summed E-state index contributed by atoms with van der Waals surface area (Å²) in [5.41, 5.74) is -2.77. The lowest BCUT2D eigenvalue weighted by atomic mass is 9.62. The number of carboxylic acid groups (broad SMARTS) is 1. The maximum Gasteiger partial charge on any atom is 0.408 e. The van der Waals surface area contributed by atoms with Gasteiger partial charge in [0, 0.05) is 6.42 Å². The number of alkyl halides is 2. The quantitative estimate of drug-likeness (QED) is 0.831. The van der Waals surface area contributed by atoms with Crippen molar-refractivity contribution >= 4 is 12.1 Å². The molecule has 1 rings (SSSR count). The predicted octanol–water partition coefficient (Wildman–Crippen LogP) is 2.40. The number of amides is 1. The van der Waals surface area contributed by atoms with Crippen LogP contribution >= 0.6 is 0 Å². The van der Waals surface area contributed by atoms with Crippen molar-refractivity contribution in [2.45, 2.75) is 57.6 Å². The summed E-state index contributed by atoms with van der Waals surface area (Å²) < 4.78 is 31.7. The number of hydrogen-bond donors (Lipinski definition) is 2. The molecule has 2 unspecified atom stereocenters. The van der Waals surface area contributed by atoms with Crippen LogP contribution in [0.3, 0.4) is 0 Å². The number of carbonyl (C=O) groups excluding carboxylic acids is 1. The third-order valence-electron chi connectivity index (χ3n) is 3.13. The lowest BCUT2D eigenvalue weighted by molar-refractivity contribution is -0.210. The molecule has 1 fully saturated rings. The number of ether oxygens (including phenoxy) is 1. The summed E-state index contributed by atoms with van der Waals surface area (Å²) in [6, 6.07) is 0. The Kier molecular flexibility index (Phi) is 3.80. The van der Waals surface area contributed by atoms with Gasteiger partial charge < -0.3 is 15.2 Å². The van der Waals surface area contributed by atoms with E-state index in [0.717, 1.165) is 0 Å². The van der Waals surface area contributed by atoms with E-state index in [0.29, 0.717) is 0 Å². The van der Waals surface area contributed by atoms with Crippen molar-refractivity contribution in [3.8, 4) is 0 Å². The first kappa shape index (κ1) is 15.7. The summed E-state index contributed by atoms with van der Waals surface area (Å²) in [5.74, 6) is -5.97. The molecule has 19 heavy (non-hydrogen) atoms. The van der Waals surface area contributed by atoms with E-state index < -0.39 is 41.5 Å². The number of halogens is 2. The molecule has 0 bridgehead atoms. The minimum atomic E-state index is -3.08. The fourth-order valence-corrected chi connectivity index (χ4v) is 2.39. The molecule has 2 atom stereocenters. The molecule has 0 spiro atoms. The van der Waals surface area contributed by atoms with Crippen molar-refractivity contribution in [3.05, 3.63) is 0 Å². The Bertz CT molecular complexity index is 392. The summed E-state index contributed by atoms with van der Waals surface area (Å²) in [7, 11) is 0. The fourth-order valence-electron chi connectivity index (χ4n) is 2.39. The number of carboxylic acids is 1. The first-order chi connectivity index (χ1) is 8.44. The molecular formula is C12H19F2NO4. The third-order valence-corrected chi connectivity index (χ3v) is 3.13. The fraction of sp³-hybridized carbons (Fsp3) is 0.833. The number of nitrogens with one attached hydrogen (secondary N) is 1. The van der Waals surface area contributed by atoms with E-state index in [1.165, 1.54) is 6.92 Å². The van der Waals surface area contributed by atoms with Gasteiger partial charge in [-0.3, -0.25) is 0 Å². The predicted molar refractivity (Wildman–Crippen MR) is 63.1 cm³/mol. The molecule has 2 N–H and O–H groups in total. The summed E-state index contributed by atoms with van der Waals surface area (Å²) in [6.07, 6.45) is -1.95. The van der Waals surface area contributed by atoms with E-state index in [9.17, 15) is 18.4 Å². The highest BCUT2D eigenvalue weighted by atomic mass is 19.3. The van der Waals surface area contributed by atoms with Crippen molar-refractivity contribution in [1.82, 2.24) is 5.32 Å². The van der Waals surface area contributed by atoms with Gasteiger partial charge in [-0.25, -0.2) is 18.4 Å². The molecular weight excluding hydrogens is 260 g/mol. The molecule has 0 aromatic rings. The highest BCUT2D eigenvalue weighted by Gasteiger charge is 2.70. The van der Waals surface area contributed by atoms with Gasteiger partial charge in [-0.1, -0.05) is 6.92 Å². The van der Waals surface area contributed by atoms with E-state index in [-0.39, 0.29) is 6.42 Å². The number of rotatable bonds is 3. The second kappa shape index (κ2) is 4.61. The molecule has 5 nitrogen and oxygen atoms in total. The largest absolute Gasteiger partial charge is 0.479 e. The van der Waals surface area contributed by atoms with E-state index in [1.807, 2.05) is 0 Å². The van der Waals surface area contributed by atoms with Crippen molar-refractivity contribution in [2.24, 2.45) is 5.92 Å². The average molecular weight is 279 g/mol. The Morgan fingerprint density at radius 2 is 1.95 bits per heavy atom. The van der Waals surface area contributed by atoms with E-state index >= 15 is 0 Å². The second-order valence-corrected chi connectivity index (χ2v) is 5.80. The smallest absolute Gasteiger partial charge is 0.408 e. The summed E-state index contributed by atoms with van der Waals surface area (Å²) in [6.45, 7) is 6.28. The molecule has 110 valence electrons. The van der Waals surface area contributed by atoms with Gasteiger partial charge in [0.05, 0.1) is 5.92 Å². The van der Waals surface area contributed by atoms with Crippen molar-refractivity contribution < 1.29 is 28.2 Å². The average Bonchev–Trinajstić information content (AvgIpc) is 2.12. The number of hydrogen-bond acceptors (Lipinski definition) is 3. The Labute approximate surface area is 110 Å². The third kappa shape index (κ3) is 2.96. The van der Waals surface area contributed by atoms with Crippen LogP contribution in [0.4, 0.5) is 13.6 Å². The van der Waals surface area contributed by atoms with Crippen LogP contribution in [0.2, 0.25) is 0 Å². The van der Waals surface area contributed by atoms with E-state index in [1.54, 1.807) is 20.8 Å². The molecule has 1 aliphatic rings. The van der Waals surface area contributed by atoms with Gasteiger partial charge >= 0.3 is 12.1 Å². The number of alkyl carbamates (subject to hydrolysis) is 1. The van der Waals surface area contributed by atoms with Crippen molar-refractivity contribution in [1.29, 1.82) is 0 Å². The Balaban J connectivity index is 2.87. The van der Waals surface area contributed by atoms with E-state index in [2.05, 4.69) is 5.32 Å². The molecule has 1 saturated carbocycles. The van der Waals surface area contributed by atoms with Gasteiger partial charge in [-0.05, 0) is 27.2 Å². The van der Waals surface area contributed by atoms with Gasteiger partial charge in [0.25, 0.3) is 5.92 Å². The molecule has 0 aliphatic heterocycles. The number of carbonyl (C=O) groups is 2. The lowest BCUT2D eigenvalue weighted by Crippen LogP contribution is -2.73. The molecule has 1 amide bonds. The number of aliphatic carboxylic acids is 1. The van der Waals surface area contributed by atoms with E-state index in [4.69, 9.17) is 9.84 Å². The molecule has 0 saturated heterocycles. The normalized spacial score (nSPS) is 29.3. The Morgan fingerprint density at radius 1 is 1.42 bits per heavy atom. The molecule has 7 heteroatoms. The van der Waals surface area contributed by atoms with Crippen LogP contribution in [0.1, 0.15) is 40.5 Å². The first-order valence-electron chi connectivity index (χ1n) is 6.07. The van der Waals surface area contributed by atoms with Crippen LogP contribution in [0.25, 0.3) is 0 Å². The second-order valence-electron chi connectivity index (χ2n) is 5.80. The van der Waals surface area contributed by atoms with Crippen LogP contribution in [-0.2, 0) is 9.53 Å². The molecule has 0 heterocycles. The van der Waals surface area contributed by atoms with Crippen molar-refractivity contribution in [2.75, 3.05) is 0 Å². The van der Waals surface area contributed by atoms with Gasteiger partial charge in [-0.2, -0.15) is 0 Å². The zero-order valence-corrected chi connectivity index (χ0v) is 11.4. The topological polar surface area (TPSA) is 75.6 Å². The van der Waals surface area contributed by atoms with Gasteiger partial charge in [0.1, 0.15) is 5.60 Å². The molecule has 0 aromatic heterocycles. The molecule has 1 aliphatic carbocycles. The van der Waals surface area contributed by atoms with Gasteiger partial charge in [0.15, 0.2) is 5.54 Å². The first-order valence-corrected chi connectivity index (χ1v) is 6.07. The van der Waals surface area contributed by atoms with Crippen LogP contribution in [-0.4, -0.2) is 34.2 Å². The lowest BCUT2D eigenvalue weighted by Gasteiger charge is -2.51. The van der Waals surface area contributed by atoms with Gasteiger partial charge in [0.2, 0.25) is 0 Å².